The number of nitrogens with zero attached hydrogens (tertiary/aromatic N) is 1. The number of pyridine rings is 1. The topological polar surface area (TPSA) is 12.9 Å². The van der Waals surface area contributed by atoms with Gasteiger partial charge in [-0.25, -0.2) is 4.98 Å². The van der Waals surface area contributed by atoms with E-state index in [9.17, 15) is 0 Å². The number of halogens is 2. The number of hydrogen-bond donors (Lipinski definition) is 0. The van der Waals surface area contributed by atoms with Crippen LogP contribution < -0.4 is 0 Å². The Labute approximate surface area is 99.3 Å². The molecule has 0 unspecified atom stereocenters. The van der Waals surface area contributed by atoms with Crippen LogP contribution in [0.2, 0.25) is 5.02 Å². The Balaban J connectivity index is 2.76. The van der Waals surface area contributed by atoms with Crippen molar-refractivity contribution >= 4 is 55.7 Å². The zero-order chi connectivity index (χ0) is 9.42. The summed E-state index contributed by atoms with van der Waals surface area (Å²) in [4.78, 5) is 6.72. The fourth-order valence-electron chi connectivity index (χ4n) is 1.16. The maximum absolute atomic E-state index is 6.16. The maximum Gasteiger partial charge on any atom is 0.125 e. The highest BCUT2D eigenvalue weighted by molar-refractivity contribution is 14.1. The van der Waals surface area contributed by atoms with Gasteiger partial charge in [0.25, 0.3) is 0 Å². The second-order valence-corrected chi connectivity index (χ2v) is 5.36. The lowest BCUT2D eigenvalue weighted by atomic mass is 10.3. The van der Waals surface area contributed by atoms with Crippen molar-refractivity contribution in [3.8, 4) is 0 Å². The number of thiophene rings is 1. The van der Waals surface area contributed by atoms with E-state index < -0.39 is 0 Å². The third-order valence-electron chi connectivity index (χ3n) is 1.85. The van der Waals surface area contributed by atoms with Gasteiger partial charge in [0.15, 0.2) is 0 Å². The van der Waals surface area contributed by atoms with Gasteiger partial charge in [0.05, 0.1) is 8.59 Å². The Bertz CT molecular complexity index is 452. The predicted molar refractivity (Wildman–Crippen MR) is 66.7 cm³/mol. The summed E-state index contributed by atoms with van der Waals surface area (Å²) < 4.78 is 1.02. The first-order chi connectivity index (χ1) is 6.22. The highest BCUT2D eigenvalue weighted by Gasteiger charge is 2.07. The SMILES string of the molecule is CCc1cc2c(Cl)c(I)cnc2s1. The fraction of sp³-hybridized carbons (Fsp3) is 0.222. The predicted octanol–water partition coefficient (Wildman–Crippen LogP) is 4.12. The van der Waals surface area contributed by atoms with Crippen LogP contribution in [0.3, 0.4) is 0 Å². The van der Waals surface area contributed by atoms with Gasteiger partial charge in [0.1, 0.15) is 4.83 Å². The monoisotopic (exact) mass is 323 g/mol. The molecule has 0 fully saturated rings. The van der Waals surface area contributed by atoms with Gasteiger partial charge < -0.3 is 0 Å². The van der Waals surface area contributed by atoms with Gasteiger partial charge in [0.2, 0.25) is 0 Å². The minimum absolute atomic E-state index is 0.835. The molecular weight excluding hydrogens is 317 g/mol. The van der Waals surface area contributed by atoms with Crippen molar-refractivity contribution in [2.24, 2.45) is 0 Å². The molecule has 0 radical (unpaired) electrons. The minimum Gasteiger partial charge on any atom is -0.244 e. The summed E-state index contributed by atoms with van der Waals surface area (Å²) in [5.74, 6) is 0. The van der Waals surface area contributed by atoms with Crippen molar-refractivity contribution in [1.82, 2.24) is 4.98 Å². The summed E-state index contributed by atoms with van der Waals surface area (Å²) in [5, 5.41) is 1.93. The highest BCUT2D eigenvalue weighted by atomic mass is 127. The average molecular weight is 324 g/mol. The molecule has 4 heteroatoms. The van der Waals surface area contributed by atoms with E-state index in [1.165, 1.54) is 4.88 Å². The summed E-state index contributed by atoms with van der Waals surface area (Å²) in [5.41, 5.74) is 0. The van der Waals surface area contributed by atoms with E-state index in [2.05, 4.69) is 40.6 Å². The average Bonchev–Trinajstić information content (AvgIpc) is 2.55. The lowest BCUT2D eigenvalue weighted by Gasteiger charge is -1.94. The summed E-state index contributed by atoms with van der Waals surface area (Å²) in [7, 11) is 0. The molecule has 0 bridgehead atoms. The summed E-state index contributed by atoms with van der Waals surface area (Å²) in [6.45, 7) is 2.14. The molecule has 13 heavy (non-hydrogen) atoms. The van der Waals surface area contributed by atoms with E-state index in [0.717, 1.165) is 25.2 Å². The lowest BCUT2D eigenvalue weighted by molar-refractivity contribution is 1.19. The van der Waals surface area contributed by atoms with Crippen LogP contribution >= 0.6 is 45.5 Å². The third-order valence-corrected chi connectivity index (χ3v) is 4.58. The largest absolute Gasteiger partial charge is 0.244 e. The van der Waals surface area contributed by atoms with Crippen LogP contribution in [0.25, 0.3) is 10.2 Å². The molecule has 0 atom stereocenters. The Morgan fingerprint density at radius 3 is 3.08 bits per heavy atom. The third kappa shape index (κ3) is 1.69. The molecule has 0 spiro atoms. The van der Waals surface area contributed by atoms with Gasteiger partial charge in [-0.2, -0.15) is 0 Å². The van der Waals surface area contributed by atoms with E-state index in [1.54, 1.807) is 11.3 Å². The molecule has 0 aliphatic carbocycles. The van der Waals surface area contributed by atoms with Crippen LogP contribution in [0.5, 0.6) is 0 Å². The Morgan fingerprint density at radius 1 is 1.62 bits per heavy atom. The maximum atomic E-state index is 6.16. The molecule has 0 saturated heterocycles. The van der Waals surface area contributed by atoms with Crippen molar-refractivity contribution in [1.29, 1.82) is 0 Å². The van der Waals surface area contributed by atoms with Crippen molar-refractivity contribution in [3.05, 3.63) is 25.7 Å². The molecule has 0 aromatic carbocycles. The number of hydrogen-bond acceptors (Lipinski definition) is 2. The molecule has 0 amide bonds. The van der Waals surface area contributed by atoms with Gasteiger partial charge in [0, 0.05) is 16.5 Å². The van der Waals surface area contributed by atoms with E-state index in [1.807, 2.05) is 6.20 Å². The molecule has 2 aromatic rings. The highest BCUT2D eigenvalue weighted by Crippen LogP contribution is 2.32. The first-order valence-corrected chi connectivity index (χ1v) is 6.22. The summed E-state index contributed by atoms with van der Waals surface area (Å²) in [6.07, 6.45) is 2.87. The summed E-state index contributed by atoms with van der Waals surface area (Å²) in [6, 6.07) is 2.14. The van der Waals surface area contributed by atoms with Crippen LogP contribution in [0.4, 0.5) is 0 Å². The molecule has 0 saturated carbocycles. The van der Waals surface area contributed by atoms with E-state index in [4.69, 9.17) is 11.6 Å². The van der Waals surface area contributed by atoms with Gasteiger partial charge in [-0.05, 0) is 35.1 Å². The molecule has 2 heterocycles. The number of fused-ring (bicyclic) bond motifs is 1. The molecule has 0 N–H and O–H groups in total. The van der Waals surface area contributed by atoms with Crippen LogP contribution in [0, 0.1) is 3.57 Å². The molecular formula is C9H7ClINS. The van der Waals surface area contributed by atoms with Gasteiger partial charge in [-0.3, -0.25) is 0 Å². The molecule has 1 nitrogen and oxygen atoms in total. The zero-order valence-electron chi connectivity index (χ0n) is 6.97. The second-order valence-electron chi connectivity index (χ2n) is 2.71. The van der Waals surface area contributed by atoms with Crippen molar-refractivity contribution < 1.29 is 0 Å². The number of rotatable bonds is 1. The smallest absolute Gasteiger partial charge is 0.125 e. The van der Waals surface area contributed by atoms with Crippen LogP contribution in [-0.4, -0.2) is 4.98 Å². The summed E-state index contributed by atoms with van der Waals surface area (Å²) >= 11 is 10.1. The fourth-order valence-corrected chi connectivity index (χ4v) is 2.78. The number of aromatic nitrogens is 1. The van der Waals surface area contributed by atoms with Crippen LogP contribution in [0.1, 0.15) is 11.8 Å². The number of aryl methyl sites for hydroxylation is 1. The molecule has 2 rings (SSSR count). The molecule has 2 aromatic heterocycles. The van der Waals surface area contributed by atoms with E-state index in [0.29, 0.717) is 0 Å². The first-order valence-electron chi connectivity index (χ1n) is 3.94. The van der Waals surface area contributed by atoms with Crippen molar-refractivity contribution in [2.45, 2.75) is 13.3 Å². The van der Waals surface area contributed by atoms with E-state index in [-0.39, 0.29) is 0 Å². The zero-order valence-corrected chi connectivity index (χ0v) is 10.7. The molecule has 0 aliphatic heterocycles. The standard InChI is InChI=1S/C9H7ClINS/c1-2-5-3-6-8(10)7(11)4-12-9(6)13-5/h3-4H,2H2,1H3. The normalized spacial score (nSPS) is 11.0. The second kappa shape index (κ2) is 3.71. The first kappa shape index (κ1) is 9.68. The van der Waals surface area contributed by atoms with Crippen molar-refractivity contribution in [2.75, 3.05) is 0 Å². The van der Waals surface area contributed by atoms with Gasteiger partial charge in [-0.1, -0.05) is 18.5 Å². The van der Waals surface area contributed by atoms with Gasteiger partial charge in [-0.15, -0.1) is 11.3 Å². The molecule has 0 aliphatic rings. The van der Waals surface area contributed by atoms with Crippen LogP contribution in [0.15, 0.2) is 12.3 Å². The Kier molecular flexibility index (Phi) is 2.76. The molecule has 68 valence electrons. The van der Waals surface area contributed by atoms with E-state index >= 15 is 0 Å². The quantitative estimate of drug-likeness (QED) is 0.720. The van der Waals surface area contributed by atoms with Crippen LogP contribution in [-0.2, 0) is 6.42 Å². The lowest BCUT2D eigenvalue weighted by Crippen LogP contribution is -1.77. The van der Waals surface area contributed by atoms with Crippen molar-refractivity contribution in [3.63, 3.8) is 0 Å². The minimum atomic E-state index is 0.835. The van der Waals surface area contributed by atoms with Gasteiger partial charge >= 0.3 is 0 Å². The Morgan fingerprint density at radius 2 is 2.38 bits per heavy atom. The Hall–Kier alpha value is 0.130.